The second-order valence-electron chi connectivity index (χ2n) is 4.60. The predicted molar refractivity (Wildman–Crippen MR) is 74.7 cm³/mol. The zero-order chi connectivity index (χ0) is 16.5. The summed E-state index contributed by atoms with van der Waals surface area (Å²) in [4.78, 5) is 12.1. The van der Waals surface area contributed by atoms with Gasteiger partial charge in [-0.25, -0.2) is 9.48 Å². The van der Waals surface area contributed by atoms with Crippen LogP contribution in [0.15, 0.2) is 29.1 Å². The maximum absolute atomic E-state index is 12.5. The molecule has 0 saturated carbocycles. The molecule has 0 spiro atoms. The molecular weight excluding hydrogens is 323 g/mol. The van der Waals surface area contributed by atoms with Crippen LogP contribution in [0.3, 0.4) is 0 Å². The Morgan fingerprint density at radius 1 is 1.32 bits per heavy atom. The van der Waals surface area contributed by atoms with Crippen molar-refractivity contribution in [1.29, 1.82) is 0 Å². The summed E-state index contributed by atoms with van der Waals surface area (Å²) in [6, 6.07) is 6.16. The van der Waals surface area contributed by atoms with Crippen molar-refractivity contribution in [2.75, 3.05) is 0 Å². The number of hydrogen-bond acceptors (Lipinski definition) is 3. The fourth-order valence-corrected chi connectivity index (χ4v) is 2.03. The Bertz CT molecular complexity index is 707. The minimum absolute atomic E-state index is 0.0480. The van der Waals surface area contributed by atoms with Crippen molar-refractivity contribution in [3.05, 3.63) is 39.8 Å². The van der Waals surface area contributed by atoms with Crippen LogP contribution in [0, 0.1) is 0 Å². The van der Waals surface area contributed by atoms with Crippen LogP contribution in [0.2, 0.25) is 5.02 Å². The summed E-state index contributed by atoms with van der Waals surface area (Å²) < 4.78 is 39.4. The maximum atomic E-state index is 12.5. The number of nitrogens with zero attached hydrogens (tertiary/aromatic N) is 3. The number of rotatable bonds is 4. The van der Waals surface area contributed by atoms with Crippen molar-refractivity contribution in [3.63, 3.8) is 0 Å². The first-order chi connectivity index (χ1) is 10.2. The fourth-order valence-electron chi connectivity index (χ4n) is 1.90. The van der Waals surface area contributed by atoms with Crippen LogP contribution in [-0.2, 0) is 13.1 Å². The third-order valence-electron chi connectivity index (χ3n) is 3.06. The molecule has 1 atom stereocenters. The van der Waals surface area contributed by atoms with Gasteiger partial charge in [-0.05, 0) is 31.2 Å². The molecule has 0 fully saturated rings. The van der Waals surface area contributed by atoms with Crippen LogP contribution < -0.4 is 5.69 Å². The molecule has 9 heteroatoms. The molecule has 0 unspecified atom stereocenters. The van der Waals surface area contributed by atoms with Gasteiger partial charge in [0.25, 0.3) is 0 Å². The lowest BCUT2D eigenvalue weighted by molar-refractivity contribution is -0.207. The van der Waals surface area contributed by atoms with Crippen molar-refractivity contribution < 1.29 is 18.3 Å². The Kier molecular flexibility index (Phi) is 4.62. The number of aliphatic hydroxyl groups excluding tert-OH is 1. The number of aliphatic hydroxyl groups is 1. The summed E-state index contributed by atoms with van der Waals surface area (Å²) in [7, 11) is 0. The highest BCUT2D eigenvalue weighted by molar-refractivity contribution is 6.30. The second kappa shape index (κ2) is 6.13. The summed E-state index contributed by atoms with van der Waals surface area (Å²) in [5, 5.41) is 13.7. The molecule has 120 valence electrons. The van der Waals surface area contributed by atoms with Crippen LogP contribution in [0.5, 0.6) is 0 Å². The van der Waals surface area contributed by atoms with Gasteiger partial charge >= 0.3 is 11.9 Å². The van der Waals surface area contributed by atoms with E-state index in [0.717, 1.165) is 9.25 Å². The Hall–Kier alpha value is -1.80. The lowest BCUT2D eigenvalue weighted by atomic mass is 10.2. The van der Waals surface area contributed by atoms with E-state index < -0.39 is 24.5 Å². The number of halogens is 4. The Morgan fingerprint density at radius 3 is 2.41 bits per heavy atom. The Balaban J connectivity index is 2.50. The van der Waals surface area contributed by atoms with Gasteiger partial charge in [0.1, 0.15) is 0 Å². The van der Waals surface area contributed by atoms with Crippen molar-refractivity contribution in [2.45, 2.75) is 32.3 Å². The monoisotopic (exact) mass is 335 g/mol. The lowest BCUT2D eigenvalue weighted by Crippen LogP contribution is -2.37. The summed E-state index contributed by atoms with van der Waals surface area (Å²) in [5.41, 5.74) is -0.279. The molecule has 2 aromatic rings. The minimum atomic E-state index is -4.81. The van der Waals surface area contributed by atoms with Gasteiger partial charge in [-0.15, -0.1) is 5.10 Å². The van der Waals surface area contributed by atoms with Crippen LogP contribution in [0.1, 0.15) is 6.92 Å². The van der Waals surface area contributed by atoms with Gasteiger partial charge < -0.3 is 5.11 Å². The van der Waals surface area contributed by atoms with Gasteiger partial charge in [-0.2, -0.15) is 13.2 Å². The van der Waals surface area contributed by atoms with E-state index in [0.29, 0.717) is 10.6 Å². The molecule has 22 heavy (non-hydrogen) atoms. The molecule has 1 heterocycles. The highest BCUT2D eigenvalue weighted by Crippen LogP contribution is 2.23. The SMILES string of the molecule is CCn1nc(-c2ccc(Cl)cc2)n(C[C@H](O)C(F)(F)F)c1=O. The average molecular weight is 336 g/mol. The molecule has 5 nitrogen and oxygen atoms in total. The van der Waals surface area contributed by atoms with Crippen molar-refractivity contribution in [1.82, 2.24) is 14.3 Å². The van der Waals surface area contributed by atoms with Gasteiger partial charge in [0.15, 0.2) is 11.9 Å². The largest absolute Gasteiger partial charge is 0.416 e. The zero-order valence-corrected chi connectivity index (χ0v) is 12.3. The van der Waals surface area contributed by atoms with Crippen molar-refractivity contribution >= 4 is 11.6 Å². The molecule has 0 aliphatic carbocycles. The predicted octanol–water partition coefficient (Wildman–Crippen LogP) is 2.31. The van der Waals surface area contributed by atoms with Crippen LogP contribution in [0.4, 0.5) is 13.2 Å². The molecule has 0 aliphatic heterocycles. The molecule has 0 saturated heterocycles. The third kappa shape index (κ3) is 3.33. The van der Waals surface area contributed by atoms with Crippen LogP contribution in [-0.4, -0.2) is 31.7 Å². The number of aromatic nitrogens is 3. The second-order valence-corrected chi connectivity index (χ2v) is 5.03. The first-order valence-corrected chi connectivity index (χ1v) is 6.80. The topological polar surface area (TPSA) is 60.1 Å². The van der Waals surface area contributed by atoms with E-state index >= 15 is 0 Å². The summed E-state index contributed by atoms with van der Waals surface area (Å²) >= 11 is 5.76. The van der Waals surface area contributed by atoms with Crippen LogP contribution >= 0.6 is 11.6 Å². The van der Waals surface area contributed by atoms with Gasteiger partial charge in [-0.3, -0.25) is 4.57 Å². The number of benzene rings is 1. The molecule has 1 aromatic carbocycles. The fraction of sp³-hybridized carbons (Fsp3) is 0.385. The van der Waals surface area contributed by atoms with E-state index in [2.05, 4.69) is 5.10 Å². The van der Waals surface area contributed by atoms with E-state index in [4.69, 9.17) is 11.6 Å². The molecule has 1 N–H and O–H groups in total. The lowest BCUT2D eigenvalue weighted by Gasteiger charge is -2.15. The average Bonchev–Trinajstić information content (AvgIpc) is 2.76. The molecular formula is C13H13ClF3N3O2. The minimum Gasteiger partial charge on any atom is -0.382 e. The smallest absolute Gasteiger partial charge is 0.382 e. The van der Waals surface area contributed by atoms with E-state index in [9.17, 15) is 23.1 Å². The Morgan fingerprint density at radius 2 is 1.91 bits per heavy atom. The first-order valence-electron chi connectivity index (χ1n) is 6.42. The standard InChI is InChI=1S/C13H13ClF3N3O2/c1-2-20-12(22)19(7-10(21)13(15,16)17)11(18-20)8-3-5-9(14)6-4-8/h3-6,10,21H,2,7H2,1H3/t10-/m0/s1. The Labute approximate surface area is 128 Å². The molecule has 0 radical (unpaired) electrons. The van der Waals surface area contributed by atoms with E-state index in [1.165, 1.54) is 12.1 Å². The summed E-state index contributed by atoms with van der Waals surface area (Å²) in [6.45, 7) is 0.930. The van der Waals surface area contributed by atoms with Gasteiger partial charge in [0, 0.05) is 17.1 Å². The molecule has 2 rings (SSSR count). The third-order valence-corrected chi connectivity index (χ3v) is 3.31. The van der Waals surface area contributed by atoms with Crippen molar-refractivity contribution in [2.24, 2.45) is 0 Å². The summed E-state index contributed by atoms with van der Waals surface area (Å²) in [5.74, 6) is 0.0480. The highest BCUT2D eigenvalue weighted by atomic mass is 35.5. The summed E-state index contributed by atoms with van der Waals surface area (Å²) in [6.07, 6.45) is -7.46. The number of hydrogen-bond donors (Lipinski definition) is 1. The van der Waals surface area contributed by atoms with Crippen molar-refractivity contribution in [3.8, 4) is 11.4 Å². The van der Waals surface area contributed by atoms with Gasteiger partial charge in [-0.1, -0.05) is 11.6 Å². The molecule has 0 bridgehead atoms. The van der Waals surface area contributed by atoms with Crippen LogP contribution in [0.25, 0.3) is 11.4 Å². The number of alkyl halides is 3. The zero-order valence-electron chi connectivity index (χ0n) is 11.5. The first kappa shape index (κ1) is 16.6. The van der Waals surface area contributed by atoms with Gasteiger partial charge in [0.05, 0.1) is 6.54 Å². The van der Waals surface area contributed by atoms with Gasteiger partial charge in [0.2, 0.25) is 0 Å². The van der Waals surface area contributed by atoms with E-state index in [-0.39, 0.29) is 12.4 Å². The van der Waals surface area contributed by atoms with E-state index in [1.54, 1.807) is 19.1 Å². The maximum Gasteiger partial charge on any atom is 0.416 e. The molecule has 0 aliphatic rings. The molecule has 1 aromatic heterocycles. The number of aryl methyl sites for hydroxylation is 1. The highest BCUT2D eigenvalue weighted by Gasteiger charge is 2.39. The van der Waals surface area contributed by atoms with E-state index in [1.807, 2.05) is 0 Å². The normalized spacial score (nSPS) is 13.4. The quantitative estimate of drug-likeness (QED) is 0.932. The molecule has 0 amide bonds.